The lowest BCUT2D eigenvalue weighted by Crippen LogP contribution is -2.28. The van der Waals surface area contributed by atoms with Gasteiger partial charge in [-0.05, 0) is 18.1 Å². The molecule has 3 aromatic rings. The number of benzene rings is 1. The van der Waals surface area contributed by atoms with E-state index in [1.54, 1.807) is 17.0 Å². The smallest absolute Gasteiger partial charge is 0.289 e. The number of nitrogens with zero attached hydrogens (tertiary/aromatic N) is 3. The van der Waals surface area contributed by atoms with Crippen molar-refractivity contribution < 1.29 is 13.7 Å². The van der Waals surface area contributed by atoms with E-state index in [0.717, 1.165) is 5.56 Å². The average molecular weight is 323 g/mol. The molecule has 1 fully saturated rings. The first-order chi connectivity index (χ1) is 11.7. The van der Waals surface area contributed by atoms with E-state index in [-0.39, 0.29) is 17.7 Å². The van der Waals surface area contributed by atoms with Gasteiger partial charge in [0.05, 0.1) is 12.2 Å². The highest BCUT2D eigenvalue weighted by Gasteiger charge is 2.37. The summed E-state index contributed by atoms with van der Waals surface area (Å²) < 4.78 is 10.7. The summed E-state index contributed by atoms with van der Waals surface area (Å²) in [4.78, 5) is 18.7. The fourth-order valence-corrected chi connectivity index (χ4v) is 3.10. The fraction of sp³-hybridized carbons (Fsp3) is 0.278. The predicted octanol–water partition coefficient (Wildman–Crippen LogP) is 3.21. The van der Waals surface area contributed by atoms with E-state index < -0.39 is 0 Å². The molecular weight excluding hydrogens is 306 g/mol. The zero-order valence-corrected chi connectivity index (χ0v) is 13.3. The largest absolute Gasteiger partial charge is 0.459 e. The van der Waals surface area contributed by atoms with Gasteiger partial charge in [0.25, 0.3) is 5.91 Å². The molecule has 1 aliphatic heterocycles. The molecule has 0 radical (unpaired) electrons. The first-order valence-corrected chi connectivity index (χ1v) is 7.94. The maximum Gasteiger partial charge on any atom is 0.289 e. The van der Waals surface area contributed by atoms with Crippen LogP contribution in [0, 0.1) is 5.92 Å². The molecule has 1 saturated heterocycles. The third-order valence-electron chi connectivity index (χ3n) is 4.42. The van der Waals surface area contributed by atoms with E-state index >= 15 is 0 Å². The van der Waals surface area contributed by atoms with Crippen LogP contribution in [0.3, 0.4) is 0 Å². The second-order valence-corrected chi connectivity index (χ2v) is 6.09. The normalized spacial score (nSPS) is 20.5. The first kappa shape index (κ1) is 14.7. The maximum absolute atomic E-state index is 12.4. The quantitative estimate of drug-likeness (QED) is 0.740. The second kappa shape index (κ2) is 5.96. The van der Waals surface area contributed by atoms with Crippen molar-refractivity contribution in [3.05, 3.63) is 60.4 Å². The van der Waals surface area contributed by atoms with Crippen LogP contribution in [0.25, 0.3) is 11.4 Å². The Morgan fingerprint density at radius 1 is 1.17 bits per heavy atom. The van der Waals surface area contributed by atoms with Gasteiger partial charge >= 0.3 is 0 Å². The molecule has 1 aliphatic rings. The van der Waals surface area contributed by atoms with Crippen LogP contribution in [-0.2, 0) is 0 Å². The van der Waals surface area contributed by atoms with Gasteiger partial charge in [-0.25, -0.2) is 0 Å². The minimum Gasteiger partial charge on any atom is -0.459 e. The third-order valence-corrected chi connectivity index (χ3v) is 4.42. The molecule has 3 heterocycles. The second-order valence-electron chi connectivity index (χ2n) is 6.09. The van der Waals surface area contributed by atoms with Crippen molar-refractivity contribution in [2.45, 2.75) is 12.8 Å². The number of carbonyl (C=O) groups is 1. The van der Waals surface area contributed by atoms with Gasteiger partial charge < -0.3 is 13.8 Å². The Hall–Kier alpha value is -2.89. The molecule has 1 aromatic carbocycles. The van der Waals surface area contributed by atoms with Crippen molar-refractivity contribution in [1.29, 1.82) is 0 Å². The van der Waals surface area contributed by atoms with Crippen LogP contribution in [0.2, 0.25) is 0 Å². The molecule has 0 spiro atoms. The lowest BCUT2D eigenvalue weighted by Gasteiger charge is -2.13. The maximum atomic E-state index is 12.4. The molecule has 0 aliphatic carbocycles. The van der Waals surface area contributed by atoms with E-state index in [1.807, 2.05) is 30.3 Å². The van der Waals surface area contributed by atoms with Gasteiger partial charge in [-0.3, -0.25) is 4.79 Å². The average Bonchev–Trinajstić information content (AvgIpc) is 3.35. The molecule has 24 heavy (non-hydrogen) atoms. The number of amides is 1. The van der Waals surface area contributed by atoms with Crippen molar-refractivity contribution in [3.8, 4) is 11.4 Å². The Balaban J connectivity index is 1.53. The number of rotatable bonds is 3. The van der Waals surface area contributed by atoms with Crippen LogP contribution >= 0.6 is 0 Å². The summed E-state index contributed by atoms with van der Waals surface area (Å²) >= 11 is 0. The highest BCUT2D eigenvalue weighted by atomic mass is 16.5. The van der Waals surface area contributed by atoms with Crippen LogP contribution in [0.15, 0.2) is 57.7 Å². The summed E-state index contributed by atoms with van der Waals surface area (Å²) in [6, 6.07) is 13.1. The number of hydrogen-bond acceptors (Lipinski definition) is 5. The van der Waals surface area contributed by atoms with Crippen molar-refractivity contribution in [1.82, 2.24) is 15.0 Å². The monoisotopic (exact) mass is 323 g/mol. The molecular formula is C18H17N3O3. The molecule has 0 saturated carbocycles. The highest BCUT2D eigenvalue weighted by Crippen LogP contribution is 2.33. The molecule has 0 N–H and O–H groups in total. The van der Waals surface area contributed by atoms with E-state index in [1.165, 1.54) is 6.26 Å². The van der Waals surface area contributed by atoms with Crippen LogP contribution in [0.5, 0.6) is 0 Å². The van der Waals surface area contributed by atoms with E-state index in [2.05, 4.69) is 17.1 Å². The molecule has 4 rings (SSSR count). The summed E-state index contributed by atoms with van der Waals surface area (Å²) in [6.07, 6.45) is 1.51. The standard InChI is InChI=1S/C18H17N3O3/c1-12-10-21(18(22)15-8-5-9-23-15)11-14(12)17-19-16(20-24-17)13-6-3-2-4-7-13/h2-9,12,14H,10-11H2,1H3. The minimum absolute atomic E-state index is 0.0360. The van der Waals surface area contributed by atoms with Crippen molar-refractivity contribution in [2.75, 3.05) is 13.1 Å². The van der Waals surface area contributed by atoms with Gasteiger partial charge in [-0.15, -0.1) is 0 Å². The Kier molecular flexibility index (Phi) is 3.65. The summed E-state index contributed by atoms with van der Waals surface area (Å²) in [5.74, 6) is 1.70. The Morgan fingerprint density at radius 3 is 2.75 bits per heavy atom. The van der Waals surface area contributed by atoms with Gasteiger partial charge in [0.1, 0.15) is 0 Å². The molecule has 122 valence electrons. The zero-order valence-electron chi connectivity index (χ0n) is 13.3. The van der Waals surface area contributed by atoms with E-state index in [9.17, 15) is 4.79 Å². The number of aromatic nitrogens is 2. The Morgan fingerprint density at radius 2 is 2.00 bits per heavy atom. The van der Waals surface area contributed by atoms with Crippen LogP contribution in [0.4, 0.5) is 0 Å². The number of likely N-dealkylation sites (tertiary alicyclic amines) is 1. The molecule has 6 nitrogen and oxygen atoms in total. The number of furan rings is 1. The van der Waals surface area contributed by atoms with Gasteiger partial charge in [-0.1, -0.05) is 42.4 Å². The van der Waals surface area contributed by atoms with Gasteiger partial charge in [0.15, 0.2) is 5.76 Å². The van der Waals surface area contributed by atoms with Crippen LogP contribution in [0.1, 0.15) is 29.3 Å². The van der Waals surface area contributed by atoms with Crippen molar-refractivity contribution in [3.63, 3.8) is 0 Å². The first-order valence-electron chi connectivity index (χ1n) is 7.94. The zero-order chi connectivity index (χ0) is 16.5. The van der Waals surface area contributed by atoms with Crippen molar-refractivity contribution in [2.24, 2.45) is 5.92 Å². The molecule has 2 aromatic heterocycles. The molecule has 2 unspecified atom stereocenters. The molecule has 2 atom stereocenters. The lowest BCUT2D eigenvalue weighted by molar-refractivity contribution is 0.0754. The molecule has 1 amide bonds. The topological polar surface area (TPSA) is 72.4 Å². The SMILES string of the molecule is CC1CN(C(=O)c2ccco2)CC1c1nc(-c2ccccc2)no1. The highest BCUT2D eigenvalue weighted by molar-refractivity contribution is 5.91. The summed E-state index contributed by atoms with van der Waals surface area (Å²) in [5, 5.41) is 4.08. The van der Waals surface area contributed by atoms with Crippen LogP contribution in [-0.4, -0.2) is 34.0 Å². The summed E-state index contributed by atoms with van der Waals surface area (Å²) in [5.41, 5.74) is 0.918. The number of carbonyl (C=O) groups excluding carboxylic acids is 1. The Bertz CT molecular complexity index is 826. The summed E-state index contributed by atoms with van der Waals surface area (Å²) in [7, 11) is 0. The van der Waals surface area contributed by atoms with Gasteiger partial charge in [0, 0.05) is 18.7 Å². The minimum atomic E-state index is -0.0999. The van der Waals surface area contributed by atoms with E-state index in [0.29, 0.717) is 30.6 Å². The van der Waals surface area contributed by atoms with Crippen LogP contribution < -0.4 is 0 Å². The summed E-state index contributed by atoms with van der Waals surface area (Å²) in [6.45, 7) is 3.29. The molecule has 6 heteroatoms. The third kappa shape index (κ3) is 2.60. The lowest BCUT2D eigenvalue weighted by atomic mass is 9.98. The number of hydrogen-bond donors (Lipinski definition) is 0. The predicted molar refractivity (Wildman–Crippen MR) is 86.3 cm³/mol. The fourth-order valence-electron chi connectivity index (χ4n) is 3.10. The molecule has 0 bridgehead atoms. The van der Waals surface area contributed by atoms with Gasteiger partial charge in [-0.2, -0.15) is 4.98 Å². The van der Waals surface area contributed by atoms with E-state index in [4.69, 9.17) is 8.94 Å². The van der Waals surface area contributed by atoms with Gasteiger partial charge in [0.2, 0.25) is 11.7 Å². The Labute approximate surface area is 139 Å². The van der Waals surface area contributed by atoms with Crippen molar-refractivity contribution >= 4 is 5.91 Å².